The van der Waals surface area contributed by atoms with E-state index in [4.69, 9.17) is 4.74 Å². The highest BCUT2D eigenvalue weighted by Gasteiger charge is 2.05. The second-order valence-electron chi connectivity index (χ2n) is 4.93. The Morgan fingerprint density at radius 1 is 1.30 bits per heavy atom. The van der Waals surface area contributed by atoms with Gasteiger partial charge in [0, 0.05) is 12.1 Å². The van der Waals surface area contributed by atoms with Gasteiger partial charge in [-0.05, 0) is 57.1 Å². The van der Waals surface area contributed by atoms with Gasteiger partial charge in [-0.2, -0.15) is 0 Å². The van der Waals surface area contributed by atoms with Crippen molar-refractivity contribution in [1.29, 1.82) is 0 Å². The fourth-order valence-corrected chi connectivity index (χ4v) is 1.84. The molecule has 4 heteroatoms. The molecule has 112 valence electrons. The lowest BCUT2D eigenvalue weighted by Gasteiger charge is -2.11. The summed E-state index contributed by atoms with van der Waals surface area (Å²) in [7, 11) is 1.89. The number of amides is 1. The monoisotopic (exact) mass is 278 g/mol. The average molecular weight is 278 g/mol. The fourth-order valence-electron chi connectivity index (χ4n) is 1.84. The zero-order valence-electron chi connectivity index (χ0n) is 12.8. The average Bonchev–Trinajstić information content (AvgIpc) is 2.42. The Morgan fingerprint density at radius 3 is 2.75 bits per heavy atom. The molecular weight excluding hydrogens is 252 g/mol. The van der Waals surface area contributed by atoms with Crippen LogP contribution in [0.4, 0.5) is 5.69 Å². The summed E-state index contributed by atoms with van der Waals surface area (Å²) < 4.78 is 5.65. The van der Waals surface area contributed by atoms with Crippen LogP contribution in [0.15, 0.2) is 18.2 Å². The summed E-state index contributed by atoms with van der Waals surface area (Å²) >= 11 is 0. The first kappa shape index (κ1) is 16.5. The topological polar surface area (TPSA) is 50.4 Å². The molecule has 1 rings (SSSR count). The van der Waals surface area contributed by atoms with Crippen molar-refractivity contribution in [2.75, 3.05) is 25.5 Å². The molecule has 0 radical (unpaired) electrons. The molecule has 1 aromatic carbocycles. The first-order valence-electron chi connectivity index (χ1n) is 7.35. The van der Waals surface area contributed by atoms with Crippen molar-refractivity contribution >= 4 is 11.6 Å². The Balaban J connectivity index is 2.48. The maximum atomic E-state index is 11.8. The van der Waals surface area contributed by atoms with Gasteiger partial charge in [-0.25, -0.2) is 0 Å². The maximum absolute atomic E-state index is 11.8. The Kier molecular flexibility index (Phi) is 7.73. The van der Waals surface area contributed by atoms with Crippen LogP contribution >= 0.6 is 0 Å². The lowest BCUT2D eigenvalue weighted by molar-refractivity contribution is -0.116. The van der Waals surface area contributed by atoms with Gasteiger partial charge in [-0.3, -0.25) is 4.79 Å². The van der Waals surface area contributed by atoms with E-state index in [0.717, 1.165) is 49.4 Å². The summed E-state index contributed by atoms with van der Waals surface area (Å²) in [6.07, 6.45) is 3.57. The van der Waals surface area contributed by atoms with Crippen LogP contribution in [0.25, 0.3) is 0 Å². The van der Waals surface area contributed by atoms with Crippen LogP contribution in [0, 0.1) is 6.92 Å². The molecule has 0 heterocycles. The first-order valence-corrected chi connectivity index (χ1v) is 7.35. The van der Waals surface area contributed by atoms with E-state index < -0.39 is 0 Å². The molecule has 20 heavy (non-hydrogen) atoms. The smallest absolute Gasteiger partial charge is 0.224 e. The predicted molar refractivity (Wildman–Crippen MR) is 83.4 cm³/mol. The van der Waals surface area contributed by atoms with Crippen molar-refractivity contribution in [1.82, 2.24) is 5.32 Å². The summed E-state index contributed by atoms with van der Waals surface area (Å²) in [6.45, 7) is 5.72. The molecule has 1 amide bonds. The summed E-state index contributed by atoms with van der Waals surface area (Å²) in [6, 6.07) is 5.79. The molecule has 0 unspecified atom stereocenters. The van der Waals surface area contributed by atoms with Crippen molar-refractivity contribution in [3.8, 4) is 5.75 Å². The summed E-state index contributed by atoms with van der Waals surface area (Å²) in [4.78, 5) is 11.8. The molecule has 0 aliphatic carbocycles. The highest BCUT2D eigenvalue weighted by molar-refractivity contribution is 5.91. The number of carbonyl (C=O) groups excluding carboxylic acids is 1. The van der Waals surface area contributed by atoms with Crippen molar-refractivity contribution in [3.05, 3.63) is 23.8 Å². The Labute approximate surface area is 121 Å². The number of anilines is 1. The number of unbranched alkanes of at least 4 members (excludes halogenated alkanes) is 1. The van der Waals surface area contributed by atoms with E-state index in [1.165, 1.54) is 0 Å². The maximum Gasteiger partial charge on any atom is 0.224 e. The normalized spacial score (nSPS) is 10.3. The summed E-state index contributed by atoms with van der Waals surface area (Å²) in [5.41, 5.74) is 1.89. The second-order valence-corrected chi connectivity index (χ2v) is 4.93. The molecule has 0 bridgehead atoms. The number of carbonyl (C=O) groups is 1. The van der Waals surface area contributed by atoms with Crippen molar-refractivity contribution in [3.63, 3.8) is 0 Å². The van der Waals surface area contributed by atoms with Crippen LogP contribution in [0.3, 0.4) is 0 Å². The Morgan fingerprint density at radius 2 is 2.10 bits per heavy atom. The third-order valence-electron chi connectivity index (χ3n) is 3.07. The second kappa shape index (κ2) is 9.37. The van der Waals surface area contributed by atoms with Gasteiger partial charge in [0.15, 0.2) is 0 Å². The number of hydrogen-bond acceptors (Lipinski definition) is 3. The van der Waals surface area contributed by atoms with E-state index in [9.17, 15) is 4.79 Å². The lowest BCUT2D eigenvalue weighted by Crippen LogP contribution is -2.15. The molecule has 0 saturated heterocycles. The van der Waals surface area contributed by atoms with Crippen LogP contribution in [-0.2, 0) is 4.79 Å². The van der Waals surface area contributed by atoms with Gasteiger partial charge in [-0.1, -0.05) is 13.3 Å². The number of nitrogens with one attached hydrogen (secondary N) is 2. The van der Waals surface area contributed by atoms with E-state index in [1.54, 1.807) is 0 Å². The van der Waals surface area contributed by atoms with Crippen LogP contribution in [0.5, 0.6) is 5.75 Å². The highest BCUT2D eigenvalue weighted by Crippen LogP contribution is 2.21. The lowest BCUT2D eigenvalue weighted by atomic mass is 10.2. The fraction of sp³-hybridized carbons (Fsp3) is 0.562. The molecule has 0 atom stereocenters. The van der Waals surface area contributed by atoms with E-state index >= 15 is 0 Å². The van der Waals surface area contributed by atoms with Crippen LogP contribution < -0.4 is 15.4 Å². The minimum atomic E-state index is 0.0583. The van der Waals surface area contributed by atoms with Crippen LogP contribution in [0.1, 0.15) is 38.2 Å². The zero-order chi connectivity index (χ0) is 14.8. The minimum Gasteiger partial charge on any atom is -0.494 e. The predicted octanol–water partition coefficient (Wildman–Crippen LogP) is 3.11. The number of hydrogen-bond donors (Lipinski definition) is 2. The number of aryl methyl sites for hydroxylation is 1. The molecule has 0 saturated carbocycles. The highest BCUT2D eigenvalue weighted by atomic mass is 16.5. The SMILES string of the molecule is CCCCOc1ccc(NC(=O)CCCNC)c(C)c1. The molecule has 0 spiro atoms. The molecule has 0 fully saturated rings. The van der Waals surface area contributed by atoms with Crippen molar-refractivity contribution < 1.29 is 9.53 Å². The molecule has 2 N–H and O–H groups in total. The van der Waals surface area contributed by atoms with E-state index in [1.807, 2.05) is 32.2 Å². The van der Waals surface area contributed by atoms with E-state index in [-0.39, 0.29) is 5.91 Å². The molecule has 4 nitrogen and oxygen atoms in total. The third-order valence-corrected chi connectivity index (χ3v) is 3.07. The summed E-state index contributed by atoms with van der Waals surface area (Å²) in [5, 5.41) is 5.97. The third kappa shape index (κ3) is 6.06. The van der Waals surface area contributed by atoms with Gasteiger partial charge >= 0.3 is 0 Å². The minimum absolute atomic E-state index is 0.0583. The first-order chi connectivity index (χ1) is 9.67. The van der Waals surface area contributed by atoms with Crippen LogP contribution in [-0.4, -0.2) is 26.1 Å². The number of rotatable bonds is 9. The molecule has 0 aliphatic heterocycles. The summed E-state index contributed by atoms with van der Waals surface area (Å²) in [5.74, 6) is 0.923. The van der Waals surface area contributed by atoms with Gasteiger partial charge in [-0.15, -0.1) is 0 Å². The van der Waals surface area contributed by atoms with E-state index in [2.05, 4.69) is 17.6 Å². The van der Waals surface area contributed by atoms with Crippen LogP contribution in [0.2, 0.25) is 0 Å². The van der Waals surface area contributed by atoms with E-state index in [0.29, 0.717) is 6.42 Å². The number of benzene rings is 1. The zero-order valence-corrected chi connectivity index (χ0v) is 12.8. The van der Waals surface area contributed by atoms with Crippen molar-refractivity contribution in [2.24, 2.45) is 0 Å². The Hall–Kier alpha value is -1.55. The van der Waals surface area contributed by atoms with Crippen molar-refractivity contribution in [2.45, 2.75) is 39.5 Å². The molecular formula is C16H26N2O2. The molecule has 1 aromatic rings. The van der Waals surface area contributed by atoms with Gasteiger partial charge in [0.25, 0.3) is 0 Å². The van der Waals surface area contributed by atoms with Gasteiger partial charge in [0.1, 0.15) is 5.75 Å². The van der Waals surface area contributed by atoms with Gasteiger partial charge in [0.2, 0.25) is 5.91 Å². The molecule has 0 aliphatic rings. The molecule has 0 aromatic heterocycles. The number of ether oxygens (including phenoxy) is 1. The largest absolute Gasteiger partial charge is 0.494 e. The Bertz CT molecular complexity index is 419. The quantitative estimate of drug-likeness (QED) is 0.682. The standard InChI is InChI=1S/C16H26N2O2/c1-4-5-11-20-14-8-9-15(13(2)12-14)18-16(19)7-6-10-17-3/h8-9,12,17H,4-7,10-11H2,1-3H3,(H,18,19). The van der Waals surface area contributed by atoms with Gasteiger partial charge in [0.05, 0.1) is 6.61 Å². The van der Waals surface area contributed by atoms with Gasteiger partial charge < -0.3 is 15.4 Å².